The number of amides is 4. The maximum Gasteiger partial charge on any atom is 0.325 e. The highest BCUT2D eigenvalue weighted by Gasteiger charge is 2.49. The number of urea groups is 1. The molecule has 1 atom stereocenters. The maximum atomic E-state index is 13.0. The van der Waals surface area contributed by atoms with Crippen LogP contribution in [-0.4, -0.2) is 36.1 Å². The quantitative estimate of drug-likeness (QED) is 0.753. The number of hydrogen-bond donors (Lipinski definition) is 2. The van der Waals surface area contributed by atoms with Crippen LogP contribution in [0.2, 0.25) is 0 Å². The summed E-state index contributed by atoms with van der Waals surface area (Å²) in [5, 5.41) is 5.42. The van der Waals surface area contributed by atoms with Crippen LogP contribution in [-0.2, 0) is 21.7 Å². The van der Waals surface area contributed by atoms with E-state index in [1.54, 1.807) is 25.1 Å². The molecular formula is C21H21N3O5. The van der Waals surface area contributed by atoms with E-state index in [9.17, 15) is 14.4 Å². The average Bonchev–Trinajstić information content (AvgIpc) is 3.26. The summed E-state index contributed by atoms with van der Waals surface area (Å²) in [4.78, 5) is 38.6. The molecule has 2 aromatic carbocycles. The monoisotopic (exact) mass is 395 g/mol. The molecule has 0 radical (unpaired) electrons. The molecular weight excluding hydrogens is 374 g/mol. The number of aryl methyl sites for hydroxylation is 1. The topological polar surface area (TPSA) is 97.0 Å². The van der Waals surface area contributed by atoms with Gasteiger partial charge in [0, 0.05) is 6.54 Å². The Balaban J connectivity index is 1.43. The van der Waals surface area contributed by atoms with Crippen molar-refractivity contribution in [1.29, 1.82) is 0 Å². The van der Waals surface area contributed by atoms with Crippen LogP contribution in [0.4, 0.5) is 4.79 Å². The van der Waals surface area contributed by atoms with Gasteiger partial charge >= 0.3 is 6.03 Å². The van der Waals surface area contributed by atoms with Crippen molar-refractivity contribution in [2.75, 3.05) is 13.3 Å². The fourth-order valence-corrected chi connectivity index (χ4v) is 3.35. The van der Waals surface area contributed by atoms with Crippen molar-refractivity contribution in [3.05, 3.63) is 59.2 Å². The average molecular weight is 395 g/mol. The van der Waals surface area contributed by atoms with E-state index in [1.165, 1.54) is 0 Å². The Morgan fingerprint density at radius 1 is 1.14 bits per heavy atom. The summed E-state index contributed by atoms with van der Waals surface area (Å²) in [6.45, 7) is 3.67. The van der Waals surface area contributed by atoms with Crippen molar-refractivity contribution >= 4 is 17.8 Å². The summed E-state index contributed by atoms with van der Waals surface area (Å²) >= 11 is 0. The summed E-state index contributed by atoms with van der Waals surface area (Å²) in [5.41, 5.74) is 1.34. The minimum atomic E-state index is -1.28. The molecule has 4 amide bonds. The number of benzene rings is 2. The number of carbonyl (C=O) groups is 3. The molecule has 150 valence electrons. The van der Waals surface area contributed by atoms with Gasteiger partial charge in [-0.1, -0.05) is 35.9 Å². The number of rotatable bonds is 5. The molecule has 0 unspecified atom stereocenters. The lowest BCUT2D eigenvalue weighted by atomic mass is 9.91. The highest BCUT2D eigenvalue weighted by atomic mass is 16.7. The van der Waals surface area contributed by atoms with E-state index in [-0.39, 0.29) is 13.3 Å². The molecule has 0 bridgehead atoms. The lowest BCUT2D eigenvalue weighted by Gasteiger charge is -2.22. The molecule has 8 nitrogen and oxygen atoms in total. The summed E-state index contributed by atoms with van der Waals surface area (Å²) < 4.78 is 10.6. The van der Waals surface area contributed by atoms with Gasteiger partial charge in [-0.15, -0.1) is 0 Å². The van der Waals surface area contributed by atoms with Crippen molar-refractivity contribution in [3.8, 4) is 11.5 Å². The van der Waals surface area contributed by atoms with Crippen molar-refractivity contribution in [3.63, 3.8) is 0 Å². The number of fused-ring (bicyclic) bond motifs is 1. The number of carbonyl (C=O) groups excluding carboxylic acids is 3. The second-order valence-electron chi connectivity index (χ2n) is 7.28. The predicted molar refractivity (Wildman–Crippen MR) is 103 cm³/mol. The van der Waals surface area contributed by atoms with Gasteiger partial charge in [0.15, 0.2) is 11.5 Å². The van der Waals surface area contributed by atoms with E-state index in [1.807, 2.05) is 31.2 Å². The van der Waals surface area contributed by atoms with Crippen LogP contribution in [0, 0.1) is 6.92 Å². The Bertz CT molecular complexity index is 988. The second-order valence-corrected chi connectivity index (χ2v) is 7.28. The molecule has 1 fully saturated rings. The maximum absolute atomic E-state index is 13.0. The van der Waals surface area contributed by atoms with Crippen LogP contribution < -0.4 is 20.1 Å². The number of ether oxygens (including phenoxy) is 2. The van der Waals surface area contributed by atoms with Crippen LogP contribution in [0.5, 0.6) is 11.5 Å². The molecule has 1 saturated heterocycles. The van der Waals surface area contributed by atoms with Gasteiger partial charge in [-0.3, -0.25) is 14.5 Å². The number of imide groups is 1. The normalized spacial score (nSPS) is 20.0. The van der Waals surface area contributed by atoms with Crippen molar-refractivity contribution in [1.82, 2.24) is 15.5 Å². The van der Waals surface area contributed by atoms with E-state index < -0.39 is 23.4 Å². The van der Waals surface area contributed by atoms with Gasteiger partial charge in [0.1, 0.15) is 12.1 Å². The highest BCUT2D eigenvalue weighted by Crippen LogP contribution is 2.37. The van der Waals surface area contributed by atoms with Gasteiger partial charge in [0.25, 0.3) is 5.91 Å². The van der Waals surface area contributed by atoms with E-state index in [2.05, 4.69) is 10.6 Å². The van der Waals surface area contributed by atoms with Crippen LogP contribution in [0.1, 0.15) is 23.6 Å². The molecule has 0 aromatic heterocycles. The largest absolute Gasteiger partial charge is 0.454 e. The molecule has 2 aliphatic rings. The van der Waals surface area contributed by atoms with Gasteiger partial charge < -0.3 is 20.1 Å². The van der Waals surface area contributed by atoms with E-state index in [0.717, 1.165) is 16.0 Å². The summed E-state index contributed by atoms with van der Waals surface area (Å²) in [6.07, 6.45) is 0. The minimum Gasteiger partial charge on any atom is -0.454 e. The third kappa shape index (κ3) is 3.49. The molecule has 4 rings (SSSR count). The summed E-state index contributed by atoms with van der Waals surface area (Å²) in [6, 6.07) is 12.2. The number of hydrogen-bond acceptors (Lipinski definition) is 5. The Morgan fingerprint density at radius 2 is 1.86 bits per heavy atom. The third-order valence-corrected chi connectivity index (χ3v) is 5.14. The second kappa shape index (κ2) is 7.12. The summed E-state index contributed by atoms with van der Waals surface area (Å²) in [7, 11) is 0. The molecule has 8 heteroatoms. The van der Waals surface area contributed by atoms with E-state index in [0.29, 0.717) is 23.6 Å². The highest BCUT2D eigenvalue weighted by molar-refractivity contribution is 6.09. The molecule has 2 heterocycles. The first-order chi connectivity index (χ1) is 13.9. The van der Waals surface area contributed by atoms with E-state index in [4.69, 9.17) is 9.47 Å². The van der Waals surface area contributed by atoms with Crippen LogP contribution in [0.15, 0.2) is 42.5 Å². The van der Waals surface area contributed by atoms with Crippen LogP contribution in [0.25, 0.3) is 0 Å². The smallest absolute Gasteiger partial charge is 0.325 e. The molecule has 2 aromatic rings. The van der Waals surface area contributed by atoms with Crippen LogP contribution >= 0.6 is 0 Å². The van der Waals surface area contributed by atoms with Crippen molar-refractivity contribution in [2.45, 2.75) is 25.9 Å². The number of nitrogens with one attached hydrogen (secondary N) is 2. The zero-order valence-electron chi connectivity index (χ0n) is 16.2. The first-order valence-corrected chi connectivity index (χ1v) is 9.23. The molecule has 0 aliphatic carbocycles. The number of nitrogens with zero attached hydrogens (tertiary/aromatic N) is 1. The van der Waals surface area contributed by atoms with Crippen molar-refractivity contribution in [2.24, 2.45) is 0 Å². The SMILES string of the molecule is Cc1ccc(CNC(=O)CN2C(=O)N[C@@](C)(c3ccc4c(c3)OCO4)C2=O)cc1. The fourth-order valence-electron chi connectivity index (χ4n) is 3.35. The molecule has 0 spiro atoms. The van der Waals surface area contributed by atoms with Gasteiger partial charge in [-0.05, 0) is 37.1 Å². The standard InChI is InChI=1S/C21H21N3O5/c1-13-3-5-14(6-4-13)10-22-18(25)11-24-19(26)21(2,23-20(24)27)15-7-8-16-17(9-15)29-12-28-16/h3-9H,10-12H2,1-2H3,(H,22,25)(H,23,27)/t21-/m0/s1. The van der Waals surface area contributed by atoms with Crippen LogP contribution in [0.3, 0.4) is 0 Å². The Labute approximate surface area is 167 Å². The minimum absolute atomic E-state index is 0.114. The fraction of sp³-hybridized carbons (Fsp3) is 0.286. The lowest BCUT2D eigenvalue weighted by molar-refractivity contribution is -0.134. The third-order valence-electron chi connectivity index (χ3n) is 5.14. The summed E-state index contributed by atoms with van der Waals surface area (Å²) in [5.74, 6) is 0.192. The van der Waals surface area contributed by atoms with Gasteiger partial charge in [0.2, 0.25) is 12.7 Å². The van der Waals surface area contributed by atoms with Gasteiger partial charge in [-0.2, -0.15) is 0 Å². The molecule has 2 N–H and O–H groups in total. The first-order valence-electron chi connectivity index (χ1n) is 9.23. The Hall–Kier alpha value is -3.55. The zero-order valence-corrected chi connectivity index (χ0v) is 16.2. The van der Waals surface area contributed by atoms with Crippen molar-refractivity contribution < 1.29 is 23.9 Å². The van der Waals surface area contributed by atoms with Gasteiger partial charge in [-0.25, -0.2) is 4.79 Å². The van der Waals surface area contributed by atoms with Gasteiger partial charge in [0.05, 0.1) is 0 Å². The van der Waals surface area contributed by atoms with E-state index >= 15 is 0 Å². The molecule has 0 saturated carbocycles. The zero-order chi connectivity index (χ0) is 20.6. The molecule has 2 aliphatic heterocycles. The lowest BCUT2D eigenvalue weighted by Crippen LogP contribution is -2.43. The Kier molecular flexibility index (Phi) is 4.62. The predicted octanol–water partition coefficient (Wildman–Crippen LogP) is 1.81. The first kappa shape index (κ1) is 18.8. The molecule has 29 heavy (non-hydrogen) atoms. The Morgan fingerprint density at radius 3 is 2.62 bits per heavy atom.